The Morgan fingerprint density at radius 2 is 1.85 bits per heavy atom. The molecule has 0 radical (unpaired) electrons. The van der Waals surface area contributed by atoms with E-state index in [1.54, 1.807) is 0 Å². The monoisotopic (exact) mass is 268 g/mol. The maximum Gasteiger partial charge on any atom is 0.0317 e. The number of rotatable bonds is 1. The molecule has 3 rings (SSSR count). The molecule has 1 aromatic rings. The van der Waals surface area contributed by atoms with Crippen LogP contribution in [0.2, 0.25) is 0 Å². The molecule has 1 saturated carbocycles. The number of nitrogens with two attached hydrogens (primary N) is 2. The molecule has 2 aliphatic carbocycles. The third kappa shape index (κ3) is 1.86. The number of hydrogen-bond donors (Lipinski definition) is 2. The van der Waals surface area contributed by atoms with Gasteiger partial charge in [-0.3, -0.25) is 0 Å². The van der Waals surface area contributed by atoms with Gasteiger partial charge in [0.1, 0.15) is 0 Å². The van der Waals surface area contributed by atoms with Crippen LogP contribution < -0.4 is 11.5 Å². The molecule has 0 spiro atoms. The van der Waals surface area contributed by atoms with Crippen molar-refractivity contribution in [1.29, 1.82) is 0 Å². The third-order valence-electron chi connectivity index (χ3n) is 5.21. The minimum atomic E-state index is 0.0702. The summed E-state index contributed by atoms with van der Waals surface area (Å²) in [6, 6.07) is 8.35. The van der Waals surface area contributed by atoms with E-state index in [2.05, 4.69) is 51.1 Å². The topological polar surface area (TPSA) is 52.0 Å². The van der Waals surface area contributed by atoms with Gasteiger partial charge in [-0.1, -0.05) is 44.6 Å². The van der Waals surface area contributed by atoms with Gasteiger partial charge >= 0.3 is 0 Å². The van der Waals surface area contributed by atoms with E-state index in [1.807, 2.05) is 6.07 Å². The number of fused-ring (bicyclic) bond motifs is 1. The predicted molar refractivity (Wildman–Crippen MR) is 85.1 cm³/mol. The van der Waals surface area contributed by atoms with E-state index in [-0.39, 0.29) is 10.8 Å². The van der Waals surface area contributed by atoms with Gasteiger partial charge in [0.2, 0.25) is 0 Å². The van der Waals surface area contributed by atoms with Gasteiger partial charge in [-0.2, -0.15) is 0 Å². The van der Waals surface area contributed by atoms with E-state index in [0.29, 0.717) is 5.92 Å². The quantitative estimate of drug-likeness (QED) is 0.762. The average molecular weight is 268 g/mol. The van der Waals surface area contributed by atoms with Crippen LogP contribution in [0.25, 0.3) is 0 Å². The van der Waals surface area contributed by atoms with Crippen LogP contribution in [0, 0.1) is 11.3 Å². The molecule has 106 valence electrons. The predicted octanol–water partition coefficient (Wildman–Crippen LogP) is 3.75. The summed E-state index contributed by atoms with van der Waals surface area (Å²) in [5.74, 6) is 0.541. The number of nitrogen functional groups attached to an aromatic ring is 1. The third-order valence-corrected chi connectivity index (χ3v) is 5.21. The lowest BCUT2D eigenvalue weighted by Gasteiger charge is -2.31. The number of allylic oxidation sites excluding steroid dienone is 4. The minimum absolute atomic E-state index is 0.0702. The van der Waals surface area contributed by atoms with Gasteiger partial charge in [0.05, 0.1) is 0 Å². The Bertz CT molecular complexity index is 610. The van der Waals surface area contributed by atoms with E-state index in [9.17, 15) is 0 Å². The van der Waals surface area contributed by atoms with Crippen LogP contribution in [0.4, 0.5) is 5.69 Å². The Hall–Kier alpha value is -1.70. The Morgan fingerprint density at radius 3 is 2.55 bits per heavy atom. The van der Waals surface area contributed by atoms with Gasteiger partial charge in [0.15, 0.2) is 0 Å². The highest BCUT2D eigenvalue weighted by Crippen LogP contribution is 2.59. The average Bonchev–Trinajstić information content (AvgIpc) is 2.57. The lowest BCUT2D eigenvalue weighted by molar-refractivity contribution is 0.266. The van der Waals surface area contributed by atoms with Crippen LogP contribution in [-0.2, 0) is 5.41 Å². The molecule has 0 heterocycles. The first-order valence-corrected chi connectivity index (χ1v) is 7.36. The van der Waals surface area contributed by atoms with Crippen molar-refractivity contribution in [3.63, 3.8) is 0 Å². The molecule has 0 bridgehead atoms. The van der Waals surface area contributed by atoms with E-state index in [4.69, 9.17) is 11.5 Å². The van der Waals surface area contributed by atoms with Gasteiger partial charge in [0, 0.05) is 16.8 Å². The maximum absolute atomic E-state index is 6.06. The zero-order valence-corrected chi connectivity index (χ0v) is 12.6. The lowest BCUT2D eigenvalue weighted by atomic mass is 9.74. The Morgan fingerprint density at radius 1 is 1.10 bits per heavy atom. The minimum Gasteiger partial charge on any atom is -0.402 e. The molecule has 0 amide bonds. The summed E-state index contributed by atoms with van der Waals surface area (Å²) in [7, 11) is 0. The first-order valence-electron chi connectivity index (χ1n) is 7.36. The van der Waals surface area contributed by atoms with Crippen molar-refractivity contribution in [1.82, 2.24) is 0 Å². The summed E-state index contributed by atoms with van der Waals surface area (Å²) in [6.07, 6.45) is 6.46. The highest BCUT2D eigenvalue weighted by Gasteiger charge is 2.51. The van der Waals surface area contributed by atoms with Crippen LogP contribution in [0.3, 0.4) is 0 Å². The highest BCUT2D eigenvalue weighted by atomic mass is 14.6. The van der Waals surface area contributed by atoms with Crippen LogP contribution in [0.15, 0.2) is 47.7 Å². The summed E-state index contributed by atoms with van der Waals surface area (Å²) >= 11 is 0. The second-order valence-corrected chi connectivity index (χ2v) is 7.24. The van der Waals surface area contributed by atoms with Crippen molar-refractivity contribution in [3.8, 4) is 0 Å². The molecular weight excluding hydrogens is 244 g/mol. The summed E-state index contributed by atoms with van der Waals surface area (Å²) < 4.78 is 0. The van der Waals surface area contributed by atoms with Crippen molar-refractivity contribution < 1.29 is 0 Å². The Labute approximate surface area is 121 Å². The van der Waals surface area contributed by atoms with Crippen LogP contribution in [0.5, 0.6) is 0 Å². The largest absolute Gasteiger partial charge is 0.402 e. The molecule has 2 atom stereocenters. The van der Waals surface area contributed by atoms with E-state index < -0.39 is 0 Å². The second kappa shape index (κ2) is 4.15. The molecule has 0 saturated heterocycles. The van der Waals surface area contributed by atoms with Gasteiger partial charge in [-0.05, 0) is 47.9 Å². The molecule has 2 aliphatic rings. The van der Waals surface area contributed by atoms with E-state index >= 15 is 0 Å². The molecule has 0 aromatic heterocycles. The molecule has 1 fully saturated rings. The zero-order valence-electron chi connectivity index (χ0n) is 12.6. The first-order chi connectivity index (χ1) is 9.33. The lowest BCUT2D eigenvalue weighted by Crippen LogP contribution is -2.23. The zero-order chi connectivity index (χ0) is 14.5. The van der Waals surface area contributed by atoms with Crippen LogP contribution >= 0.6 is 0 Å². The summed E-state index contributed by atoms with van der Waals surface area (Å²) in [5, 5.41) is 0. The van der Waals surface area contributed by atoms with Gasteiger partial charge in [0.25, 0.3) is 0 Å². The molecule has 20 heavy (non-hydrogen) atoms. The number of benzene rings is 1. The normalized spacial score (nSPS) is 31.4. The SMILES string of the molecule is CC1(c2cccc(N)c2)CC(C)(C)C2CC(N)=CC=C21. The van der Waals surface area contributed by atoms with Crippen molar-refractivity contribution in [3.05, 3.63) is 53.3 Å². The molecule has 2 unspecified atom stereocenters. The van der Waals surface area contributed by atoms with Crippen molar-refractivity contribution in [2.24, 2.45) is 17.1 Å². The van der Waals surface area contributed by atoms with Crippen molar-refractivity contribution in [2.75, 3.05) is 5.73 Å². The Kier molecular flexibility index (Phi) is 2.75. The fraction of sp³-hybridized carbons (Fsp3) is 0.444. The van der Waals surface area contributed by atoms with Crippen molar-refractivity contribution in [2.45, 2.75) is 39.0 Å². The van der Waals surface area contributed by atoms with Crippen LogP contribution in [0.1, 0.15) is 39.2 Å². The van der Waals surface area contributed by atoms with Gasteiger partial charge in [-0.25, -0.2) is 0 Å². The van der Waals surface area contributed by atoms with Crippen molar-refractivity contribution >= 4 is 5.69 Å². The maximum atomic E-state index is 6.06. The Balaban J connectivity index is 2.14. The molecule has 0 aliphatic heterocycles. The number of hydrogen-bond acceptors (Lipinski definition) is 2. The van der Waals surface area contributed by atoms with Gasteiger partial charge < -0.3 is 11.5 Å². The summed E-state index contributed by atoms with van der Waals surface area (Å²) in [5.41, 5.74) is 17.1. The van der Waals surface area contributed by atoms with Gasteiger partial charge in [-0.15, -0.1) is 0 Å². The van der Waals surface area contributed by atoms with E-state index in [1.165, 1.54) is 11.1 Å². The molecule has 4 N–H and O–H groups in total. The number of anilines is 1. The molecule has 2 nitrogen and oxygen atoms in total. The molecule has 1 aromatic carbocycles. The highest BCUT2D eigenvalue weighted by molar-refractivity contribution is 5.50. The fourth-order valence-electron chi connectivity index (χ4n) is 4.28. The first kappa shape index (κ1) is 13.3. The summed E-state index contributed by atoms with van der Waals surface area (Å²) in [4.78, 5) is 0. The fourth-order valence-corrected chi connectivity index (χ4v) is 4.28. The smallest absolute Gasteiger partial charge is 0.0317 e. The standard InChI is InChI=1S/C18H24N2/c1-17(2)11-18(3,12-5-4-6-13(19)9-12)15-8-7-14(20)10-16(15)17/h4-9,16H,10-11,19-20H2,1-3H3. The second-order valence-electron chi connectivity index (χ2n) is 7.24. The van der Waals surface area contributed by atoms with Crippen LogP contribution in [-0.4, -0.2) is 0 Å². The summed E-state index contributed by atoms with van der Waals surface area (Å²) in [6.45, 7) is 7.08. The molecular formula is C18H24N2. The van der Waals surface area contributed by atoms with E-state index in [0.717, 1.165) is 24.2 Å². The molecule has 2 heteroatoms.